The first kappa shape index (κ1) is 11.3. The first-order valence-electron chi connectivity index (χ1n) is 6.15. The third-order valence-electron chi connectivity index (χ3n) is 3.64. The van der Waals surface area contributed by atoms with E-state index in [4.69, 9.17) is 4.52 Å². The molecule has 94 valence electrons. The second-order valence-corrected chi connectivity index (χ2v) is 5.60. The van der Waals surface area contributed by atoms with Crippen LogP contribution < -0.4 is 0 Å². The summed E-state index contributed by atoms with van der Waals surface area (Å²) in [5, 5.41) is 13.7. The normalized spacial score (nSPS) is 20.9. The van der Waals surface area contributed by atoms with E-state index in [0.717, 1.165) is 17.8 Å². The Labute approximate surface area is 106 Å². The number of nitrogens with zero attached hydrogens (tertiary/aromatic N) is 2. The van der Waals surface area contributed by atoms with Crippen molar-refractivity contribution >= 4 is 0 Å². The van der Waals surface area contributed by atoms with Crippen molar-refractivity contribution in [3.63, 3.8) is 0 Å². The zero-order valence-corrected chi connectivity index (χ0v) is 10.6. The molecule has 4 nitrogen and oxygen atoms in total. The van der Waals surface area contributed by atoms with E-state index in [2.05, 4.69) is 24.0 Å². The van der Waals surface area contributed by atoms with Gasteiger partial charge in [0, 0.05) is 11.5 Å². The van der Waals surface area contributed by atoms with Gasteiger partial charge in [-0.1, -0.05) is 37.2 Å². The van der Waals surface area contributed by atoms with Crippen LogP contribution in [-0.2, 0) is 6.42 Å². The molecule has 0 bridgehead atoms. The van der Waals surface area contributed by atoms with E-state index >= 15 is 0 Å². The lowest BCUT2D eigenvalue weighted by Crippen LogP contribution is -1.93. The number of phenolic OH excluding ortho intramolecular Hbond substituents is 1. The Bertz CT molecular complexity index is 575. The van der Waals surface area contributed by atoms with Crippen LogP contribution in [0.4, 0.5) is 0 Å². The molecular weight excluding hydrogens is 228 g/mol. The van der Waals surface area contributed by atoms with Gasteiger partial charge in [-0.05, 0) is 17.9 Å². The fraction of sp³-hybridized carbons (Fsp3) is 0.429. The lowest BCUT2D eigenvalue weighted by atomic mass is 10.1. The van der Waals surface area contributed by atoms with Crippen LogP contribution in [-0.4, -0.2) is 15.2 Å². The molecule has 0 radical (unpaired) electrons. The quantitative estimate of drug-likeness (QED) is 0.901. The van der Waals surface area contributed by atoms with Crippen molar-refractivity contribution in [3.8, 4) is 5.75 Å². The van der Waals surface area contributed by atoms with Gasteiger partial charge in [0.05, 0.1) is 6.42 Å². The fourth-order valence-corrected chi connectivity index (χ4v) is 2.21. The van der Waals surface area contributed by atoms with Crippen molar-refractivity contribution in [2.75, 3.05) is 0 Å². The van der Waals surface area contributed by atoms with Gasteiger partial charge < -0.3 is 9.63 Å². The number of benzene rings is 1. The molecule has 1 aliphatic rings. The summed E-state index contributed by atoms with van der Waals surface area (Å²) in [6, 6.07) is 7.21. The van der Waals surface area contributed by atoms with Crippen molar-refractivity contribution in [2.24, 2.45) is 5.41 Å². The van der Waals surface area contributed by atoms with Gasteiger partial charge in [-0.25, -0.2) is 0 Å². The Balaban J connectivity index is 1.77. The molecule has 0 saturated heterocycles. The van der Waals surface area contributed by atoms with E-state index in [1.165, 1.54) is 0 Å². The van der Waals surface area contributed by atoms with Crippen molar-refractivity contribution in [1.29, 1.82) is 0 Å². The summed E-state index contributed by atoms with van der Waals surface area (Å²) in [5.74, 6) is 2.04. The second-order valence-electron chi connectivity index (χ2n) is 5.60. The van der Waals surface area contributed by atoms with Gasteiger partial charge >= 0.3 is 0 Å². The highest BCUT2D eigenvalue weighted by molar-refractivity contribution is 5.33. The maximum absolute atomic E-state index is 9.69. The molecule has 1 aliphatic carbocycles. The summed E-state index contributed by atoms with van der Waals surface area (Å²) in [6.45, 7) is 4.41. The lowest BCUT2D eigenvalue weighted by molar-refractivity contribution is 0.375. The Kier molecular flexibility index (Phi) is 2.40. The van der Waals surface area contributed by atoms with Gasteiger partial charge in [0.1, 0.15) is 5.75 Å². The molecule has 1 fully saturated rings. The molecule has 0 amide bonds. The topological polar surface area (TPSA) is 59.2 Å². The van der Waals surface area contributed by atoms with Crippen molar-refractivity contribution in [2.45, 2.75) is 32.6 Å². The number of hydrogen-bond acceptors (Lipinski definition) is 4. The van der Waals surface area contributed by atoms with Gasteiger partial charge in [-0.2, -0.15) is 4.98 Å². The molecular formula is C14H16N2O2. The zero-order valence-electron chi connectivity index (χ0n) is 10.6. The average Bonchev–Trinajstić information content (AvgIpc) is 2.75. The Morgan fingerprint density at radius 3 is 2.78 bits per heavy atom. The van der Waals surface area contributed by atoms with Crippen LogP contribution in [0.3, 0.4) is 0 Å². The first-order chi connectivity index (χ1) is 8.56. The molecule has 1 saturated carbocycles. The Hall–Kier alpha value is -1.84. The van der Waals surface area contributed by atoms with Crippen LogP contribution in [0.1, 0.15) is 43.5 Å². The average molecular weight is 244 g/mol. The Morgan fingerprint density at radius 1 is 1.39 bits per heavy atom. The lowest BCUT2D eigenvalue weighted by Gasteiger charge is -1.99. The smallest absolute Gasteiger partial charge is 0.231 e. The maximum Gasteiger partial charge on any atom is 0.231 e. The third-order valence-corrected chi connectivity index (χ3v) is 3.64. The molecule has 1 aromatic heterocycles. The van der Waals surface area contributed by atoms with E-state index in [1.807, 2.05) is 12.1 Å². The highest BCUT2D eigenvalue weighted by Crippen LogP contribution is 2.57. The largest absolute Gasteiger partial charge is 0.508 e. The standard InChI is InChI=1S/C14H16N2O2/c1-14(2)8-10(14)13-15-12(18-16-13)7-9-5-3-4-6-11(9)17/h3-6,10,17H,7-8H2,1-2H3. The molecule has 1 N–H and O–H groups in total. The van der Waals surface area contributed by atoms with E-state index in [0.29, 0.717) is 23.6 Å². The van der Waals surface area contributed by atoms with Gasteiger partial charge in [0.25, 0.3) is 0 Å². The van der Waals surface area contributed by atoms with Crippen LogP contribution in [0.15, 0.2) is 28.8 Å². The molecule has 1 heterocycles. The van der Waals surface area contributed by atoms with E-state index in [1.54, 1.807) is 12.1 Å². The predicted octanol–water partition coefficient (Wildman–Crippen LogP) is 2.88. The third kappa shape index (κ3) is 1.98. The number of aromatic hydroxyl groups is 1. The summed E-state index contributed by atoms with van der Waals surface area (Å²) in [4.78, 5) is 4.42. The van der Waals surface area contributed by atoms with E-state index < -0.39 is 0 Å². The molecule has 1 aromatic carbocycles. The molecule has 0 aliphatic heterocycles. The second kappa shape index (κ2) is 3.83. The number of aromatic nitrogens is 2. The van der Waals surface area contributed by atoms with Crippen LogP contribution >= 0.6 is 0 Å². The van der Waals surface area contributed by atoms with Gasteiger partial charge in [-0.3, -0.25) is 0 Å². The van der Waals surface area contributed by atoms with E-state index in [-0.39, 0.29) is 5.75 Å². The predicted molar refractivity (Wildman–Crippen MR) is 66.3 cm³/mol. The molecule has 4 heteroatoms. The molecule has 1 atom stereocenters. The SMILES string of the molecule is CC1(C)CC1c1noc(Cc2ccccc2O)n1. The molecule has 2 aromatic rings. The first-order valence-corrected chi connectivity index (χ1v) is 6.15. The number of hydrogen-bond donors (Lipinski definition) is 1. The minimum absolute atomic E-state index is 0.268. The minimum Gasteiger partial charge on any atom is -0.508 e. The highest BCUT2D eigenvalue weighted by Gasteiger charge is 2.49. The molecule has 3 rings (SSSR count). The summed E-state index contributed by atoms with van der Waals surface area (Å²) in [6.07, 6.45) is 1.59. The summed E-state index contributed by atoms with van der Waals surface area (Å²) in [7, 11) is 0. The highest BCUT2D eigenvalue weighted by atomic mass is 16.5. The van der Waals surface area contributed by atoms with Crippen LogP contribution in [0.5, 0.6) is 5.75 Å². The molecule has 1 unspecified atom stereocenters. The van der Waals surface area contributed by atoms with Crippen molar-refractivity contribution < 1.29 is 9.63 Å². The molecule has 0 spiro atoms. The van der Waals surface area contributed by atoms with Crippen molar-refractivity contribution in [3.05, 3.63) is 41.5 Å². The van der Waals surface area contributed by atoms with Gasteiger partial charge in [0.2, 0.25) is 5.89 Å². The number of phenols is 1. The molecule has 18 heavy (non-hydrogen) atoms. The number of rotatable bonds is 3. The van der Waals surface area contributed by atoms with Gasteiger partial charge in [0.15, 0.2) is 5.82 Å². The summed E-state index contributed by atoms with van der Waals surface area (Å²) in [5.41, 5.74) is 1.11. The van der Waals surface area contributed by atoms with Crippen molar-refractivity contribution in [1.82, 2.24) is 10.1 Å². The summed E-state index contributed by atoms with van der Waals surface area (Å²) < 4.78 is 5.25. The zero-order chi connectivity index (χ0) is 12.8. The van der Waals surface area contributed by atoms with Crippen LogP contribution in [0.2, 0.25) is 0 Å². The Morgan fingerprint density at radius 2 is 2.11 bits per heavy atom. The minimum atomic E-state index is 0.268. The fourth-order valence-electron chi connectivity index (χ4n) is 2.21. The number of para-hydroxylation sites is 1. The van der Waals surface area contributed by atoms with Crippen LogP contribution in [0, 0.1) is 5.41 Å². The maximum atomic E-state index is 9.69. The van der Waals surface area contributed by atoms with Crippen LogP contribution in [0.25, 0.3) is 0 Å². The monoisotopic (exact) mass is 244 g/mol. The summed E-state index contributed by atoms with van der Waals surface area (Å²) >= 11 is 0. The van der Waals surface area contributed by atoms with E-state index in [9.17, 15) is 5.11 Å². The van der Waals surface area contributed by atoms with Gasteiger partial charge in [-0.15, -0.1) is 0 Å².